The molecule has 5 nitrogen and oxygen atoms in total. The van der Waals surface area contributed by atoms with Crippen molar-refractivity contribution in [3.8, 4) is 11.5 Å². The highest BCUT2D eigenvalue weighted by Gasteiger charge is 2.35. The lowest BCUT2D eigenvalue weighted by molar-refractivity contribution is -0.113. The molecule has 1 amide bonds. The van der Waals surface area contributed by atoms with Gasteiger partial charge in [-0.1, -0.05) is 47.0 Å². The van der Waals surface area contributed by atoms with Crippen molar-refractivity contribution in [1.82, 2.24) is 0 Å². The van der Waals surface area contributed by atoms with Crippen LogP contribution in [0.2, 0.25) is 5.02 Å². The largest absolute Gasteiger partial charge is 0.490 e. The van der Waals surface area contributed by atoms with Crippen molar-refractivity contribution in [3.63, 3.8) is 0 Å². The van der Waals surface area contributed by atoms with Crippen LogP contribution in [0.15, 0.2) is 70.6 Å². The fraction of sp³-hybridized carbons (Fsp3) is 0.214. The minimum atomic E-state index is -0.146. The van der Waals surface area contributed by atoms with E-state index < -0.39 is 0 Å². The molecule has 0 aromatic heterocycles. The van der Waals surface area contributed by atoms with Gasteiger partial charge in [0.2, 0.25) is 0 Å². The fourth-order valence-corrected chi connectivity index (χ4v) is 4.84. The van der Waals surface area contributed by atoms with Gasteiger partial charge in [-0.3, -0.25) is 9.69 Å². The van der Waals surface area contributed by atoms with Crippen LogP contribution in [-0.2, 0) is 4.79 Å². The molecule has 180 valence electrons. The number of hydrogen-bond acceptors (Lipinski definition) is 5. The zero-order valence-electron chi connectivity index (χ0n) is 20.2. The van der Waals surface area contributed by atoms with Crippen molar-refractivity contribution in [2.24, 2.45) is 4.99 Å². The zero-order valence-corrected chi connectivity index (χ0v) is 21.7. The highest BCUT2D eigenvalue weighted by molar-refractivity contribution is 8.19. The van der Waals surface area contributed by atoms with E-state index in [0.29, 0.717) is 39.8 Å². The van der Waals surface area contributed by atoms with Crippen LogP contribution in [0.4, 0.5) is 11.4 Å². The molecule has 35 heavy (non-hydrogen) atoms. The predicted octanol–water partition coefficient (Wildman–Crippen LogP) is 7.56. The van der Waals surface area contributed by atoms with E-state index in [2.05, 4.69) is 0 Å². The molecular formula is C28H27ClN2O3S. The summed E-state index contributed by atoms with van der Waals surface area (Å²) in [5.74, 6) is 0.909. The molecule has 1 heterocycles. The van der Waals surface area contributed by atoms with Crippen LogP contribution in [0, 0.1) is 13.8 Å². The van der Waals surface area contributed by atoms with Gasteiger partial charge in [-0.25, -0.2) is 4.99 Å². The van der Waals surface area contributed by atoms with Crippen molar-refractivity contribution in [2.45, 2.75) is 27.7 Å². The number of aryl methyl sites for hydroxylation is 2. The Bertz CT molecular complexity index is 1280. The fourth-order valence-electron chi connectivity index (χ4n) is 3.57. The summed E-state index contributed by atoms with van der Waals surface area (Å²) >= 11 is 7.83. The van der Waals surface area contributed by atoms with Gasteiger partial charge in [0, 0.05) is 0 Å². The molecule has 0 spiro atoms. The third-order valence-corrected chi connectivity index (χ3v) is 6.52. The van der Waals surface area contributed by atoms with Crippen molar-refractivity contribution >= 4 is 51.9 Å². The molecule has 1 saturated heterocycles. The summed E-state index contributed by atoms with van der Waals surface area (Å²) < 4.78 is 11.4. The first kappa shape index (κ1) is 24.9. The van der Waals surface area contributed by atoms with E-state index in [4.69, 9.17) is 26.1 Å². The molecular weight excluding hydrogens is 480 g/mol. The number of carbonyl (C=O) groups excluding carboxylic acids is 1. The third-order valence-electron chi connectivity index (χ3n) is 5.28. The molecule has 0 bridgehead atoms. The topological polar surface area (TPSA) is 51.1 Å². The Morgan fingerprint density at radius 2 is 1.57 bits per heavy atom. The summed E-state index contributed by atoms with van der Waals surface area (Å²) in [5.41, 5.74) is 4.57. The van der Waals surface area contributed by atoms with Crippen LogP contribution < -0.4 is 14.4 Å². The van der Waals surface area contributed by atoms with Crippen LogP contribution in [0.5, 0.6) is 11.5 Å². The van der Waals surface area contributed by atoms with Gasteiger partial charge in [-0.2, -0.15) is 0 Å². The Hall–Kier alpha value is -3.22. The Labute approximate surface area is 215 Å². The number of aliphatic imine (C=N–C) groups is 1. The van der Waals surface area contributed by atoms with Crippen LogP contribution in [0.3, 0.4) is 0 Å². The molecule has 3 aromatic carbocycles. The zero-order chi connectivity index (χ0) is 24.9. The molecule has 7 heteroatoms. The lowest BCUT2D eigenvalue weighted by atomic mass is 10.1. The summed E-state index contributed by atoms with van der Waals surface area (Å²) in [6.45, 7) is 8.78. The third kappa shape index (κ3) is 5.72. The second-order valence-corrected chi connectivity index (χ2v) is 9.43. The molecule has 0 N–H and O–H groups in total. The van der Waals surface area contributed by atoms with Crippen molar-refractivity contribution < 1.29 is 14.3 Å². The number of anilines is 1. The molecule has 1 aliphatic rings. The predicted molar refractivity (Wildman–Crippen MR) is 146 cm³/mol. The number of halogens is 1. The molecule has 0 aliphatic carbocycles. The molecule has 0 saturated carbocycles. The van der Waals surface area contributed by atoms with Gasteiger partial charge < -0.3 is 9.47 Å². The molecule has 0 radical (unpaired) electrons. The summed E-state index contributed by atoms with van der Waals surface area (Å²) in [5, 5.41) is 1.03. The van der Waals surface area contributed by atoms with E-state index in [1.807, 2.05) is 88.4 Å². The Kier molecular flexibility index (Phi) is 7.83. The van der Waals surface area contributed by atoms with Crippen LogP contribution >= 0.6 is 23.4 Å². The first-order valence-electron chi connectivity index (χ1n) is 11.4. The van der Waals surface area contributed by atoms with E-state index in [-0.39, 0.29) is 5.91 Å². The number of carbonyl (C=O) groups is 1. The molecule has 1 aliphatic heterocycles. The second-order valence-electron chi connectivity index (χ2n) is 8.01. The first-order chi connectivity index (χ1) is 16.9. The quantitative estimate of drug-likeness (QED) is 0.310. The van der Waals surface area contributed by atoms with Gasteiger partial charge in [0.05, 0.1) is 34.5 Å². The standard InChI is InChI=1S/C28H27ClN2O3S/c1-5-33-24-16-20(15-23(29)26(24)34-6-2)17-25-27(32)31(22-13-9-19(4)10-14-22)28(35-25)30-21-11-7-18(3)8-12-21/h7-17H,5-6H2,1-4H3/b25-17-,30-28?. The summed E-state index contributed by atoms with van der Waals surface area (Å²) in [7, 11) is 0. The average Bonchev–Trinajstić information content (AvgIpc) is 3.13. The monoisotopic (exact) mass is 506 g/mol. The van der Waals surface area contributed by atoms with Gasteiger partial charge >= 0.3 is 0 Å². The SMILES string of the molecule is CCOc1cc(/C=C2\SC(=Nc3ccc(C)cc3)N(c3ccc(C)cc3)C2=O)cc(Cl)c1OCC. The van der Waals surface area contributed by atoms with E-state index in [1.54, 1.807) is 11.0 Å². The minimum Gasteiger partial charge on any atom is -0.490 e. The van der Waals surface area contributed by atoms with Gasteiger partial charge in [0.25, 0.3) is 5.91 Å². The smallest absolute Gasteiger partial charge is 0.271 e. The van der Waals surface area contributed by atoms with Crippen molar-refractivity contribution in [2.75, 3.05) is 18.1 Å². The number of benzene rings is 3. The van der Waals surface area contributed by atoms with Gasteiger partial charge in [0.15, 0.2) is 16.7 Å². The van der Waals surface area contributed by atoms with Crippen LogP contribution in [0.1, 0.15) is 30.5 Å². The van der Waals surface area contributed by atoms with Crippen LogP contribution in [0.25, 0.3) is 6.08 Å². The summed E-state index contributed by atoms with van der Waals surface area (Å²) in [4.78, 5) is 20.6. The molecule has 1 fully saturated rings. The summed E-state index contributed by atoms with van der Waals surface area (Å²) in [6.07, 6.45) is 1.82. The van der Waals surface area contributed by atoms with Gasteiger partial charge in [-0.05, 0) is 87.5 Å². The average molecular weight is 507 g/mol. The number of thioether (sulfide) groups is 1. The van der Waals surface area contributed by atoms with Gasteiger partial charge in [-0.15, -0.1) is 0 Å². The number of rotatable bonds is 7. The highest BCUT2D eigenvalue weighted by Crippen LogP contribution is 2.40. The number of ether oxygens (including phenoxy) is 2. The maximum Gasteiger partial charge on any atom is 0.271 e. The maximum absolute atomic E-state index is 13.6. The Balaban J connectivity index is 1.76. The highest BCUT2D eigenvalue weighted by atomic mass is 35.5. The summed E-state index contributed by atoms with van der Waals surface area (Å²) in [6, 6.07) is 19.4. The number of nitrogens with zero attached hydrogens (tertiary/aromatic N) is 2. The first-order valence-corrected chi connectivity index (χ1v) is 12.6. The number of amides is 1. The molecule has 0 atom stereocenters. The Morgan fingerprint density at radius 3 is 2.20 bits per heavy atom. The van der Waals surface area contributed by atoms with E-state index in [1.165, 1.54) is 11.8 Å². The van der Waals surface area contributed by atoms with E-state index in [0.717, 1.165) is 28.1 Å². The lowest BCUT2D eigenvalue weighted by Crippen LogP contribution is -2.28. The minimum absolute atomic E-state index is 0.146. The lowest BCUT2D eigenvalue weighted by Gasteiger charge is -2.16. The molecule has 3 aromatic rings. The van der Waals surface area contributed by atoms with Crippen LogP contribution in [-0.4, -0.2) is 24.3 Å². The van der Waals surface area contributed by atoms with Crippen molar-refractivity contribution in [1.29, 1.82) is 0 Å². The van der Waals surface area contributed by atoms with Gasteiger partial charge in [0.1, 0.15) is 0 Å². The van der Waals surface area contributed by atoms with E-state index in [9.17, 15) is 4.79 Å². The number of amidine groups is 1. The Morgan fingerprint density at radius 1 is 0.943 bits per heavy atom. The molecule has 4 rings (SSSR count). The van der Waals surface area contributed by atoms with E-state index >= 15 is 0 Å². The number of hydrogen-bond donors (Lipinski definition) is 0. The maximum atomic E-state index is 13.6. The normalized spacial score (nSPS) is 15.8. The second kappa shape index (κ2) is 11.0. The molecule has 0 unspecified atom stereocenters. The van der Waals surface area contributed by atoms with Crippen molar-refractivity contribution in [3.05, 3.63) is 87.3 Å².